The summed E-state index contributed by atoms with van der Waals surface area (Å²) in [5.74, 6) is 1.43. The molecule has 0 aliphatic rings. The van der Waals surface area contributed by atoms with E-state index in [0.717, 1.165) is 11.5 Å². The molecule has 2 atom stereocenters. The molecule has 0 unspecified atom stereocenters. The average molecular weight is 246 g/mol. The van der Waals surface area contributed by atoms with Gasteiger partial charge in [0.05, 0.1) is 6.26 Å². The predicted octanol–water partition coefficient (Wildman–Crippen LogP) is 2.91. The monoisotopic (exact) mass is 246 g/mol. The van der Waals surface area contributed by atoms with E-state index in [4.69, 9.17) is 4.42 Å². The fourth-order valence-corrected chi connectivity index (χ4v) is 1.87. The Kier molecular flexibility index (Phi) is 3.99. The largest absolute Gasteiger partial charge is 0.467 e. The van der Waals surface area contributed by atoms with E-state index in [0.29, 0.717) is 12.2 Å². The van der Waals surface area contributed by atoms with Crippen molar-refractivity contribution < 1.29 is 9.52 Å². The average Bonchev–Trinajstić information content (AvgIpc) is 2.81. The number of hydrogen-bond acceptors (Lipinski definition) is 4. The van der Waals surface area contributed by atoms with Gasteiger partial charge in [-0.1, -0.05) is 6.07 Å². The topological polar surface area (TPSA) is 58.3 Å². The molecule has 0 saturated heterocycles. The number of furan rings is 1. The van der Waals surface area contributed by atoms with Crippen molar-refractivity contribution in [2.45, 2.75) is 32.4 Å². The van der Waals surface area contributed by atoms with Gasteiger partial charge in [-0.25, -0.2) is 4.98 Å². The Morgan fingerprint density at radius 3 is 2.83 bits per heavy atom. The lowest BCUT2D eigenvalue weighted by molar-refractivity contribution is 0.136. The van der Waals surface area contributed by atoms with Crippen LogP contribution in [0.5, 0.6) is 0 Å². The van der Waals surface area contributed by atoms with Crippen LogP contribution in [-0.4, -0.2) is 16.1 Å². The molecule has 0 amide bonds. The first-order chi connectivity index (χ1) is 8.65. The number of aliphatic hydroxyl groups excluding tert-OH is 1. The van der Waals surface area contributed by atoms with Gasteiger partial charge >= 0.3 is 0 Å². The lowest BCUT2D eigenvalue weighted by atomic mass is 10.1. The van der Waals surface area contributed by atoms with Gasteiger partial charge in [0.1, 0.15) is 17.7 Å². The first-order valence-electron chi connectivity index (χ1n) is 6.07. The van der Waals surface area contributed by atoms with Crippen LogP contribution in [-0.2, 0) is 0 Å². The van der Waals surface area contributed by atoms with Gasteiger partial charge in [0.25, 0.3) is 0 Å². The van der Waals surface area contributed by atoms with Gasteiger partial charge in [-0.15, -0.1) is 0 Å². The molecule has 0 aliphatic carbocycles. The second kappa shape index (κ2) is 5.69. The Labute approximate surface area is 107 Å². The first-order valence-corrected chi connectivity index (χ1v) is 6.07. The quantitative estimate of drug-likeness (QED) is 0.851. The van der Waals surface area contributed by atoms with Crippen LogP contribution in [0.3, 0.4) is 0 Å². The molecule has 0 radical (unpaired) electrons. The number of anilines is 1. The van der Waals surface area contributed by atoms with Crippen molar-refractivity contribution in [3.63, 3.8) is 0 Å². The van der Waals surface area contributed by atoms with Gasteiger partial charge in [-0.2, -0.15) is 0 Å². The maximum atomic E-state index is 9.96. The fraction of sp³-hybridized carbons (Fsp3) is 0.357. The number of aryl methyl sites for hydroxylation is 1. The molecular formula is C14H18N2O2. The highest BCUT2D eigenvalue weighted by Gasteiger charge is 2.14. The van der Waals surface area contributed by atoms with Crippen LogP contribution < -0.4 is 5.32 Å². The molecule has 18 heavy (non-hydrogen) atoms. The Morgan fingerprint density at radius 1 is 1.33 bits per heavy atom. The van der Waals surface area contributed by atoms with Gasteiger partial charge in [0.15, 0.2) is 0 Å². The summed E-state index contributed by atoms with van der Waals surface area (Å²) in [6.07, 6.45) is 1.55. The summed E-state index contributed by atoms with van der Waals surface area (Å²) in [7, 11) is 0. The minimum atomic E-state index is -0.590. The second-order valence-electron chi connectivity index (χ2n) is 4.48. The van der Waals surface area contributed by atoms with Crippen molar-refractivity contribution in [2.24, 2.45) is 0 Å². The van der Waals surface area contributed by atoms with Crippen LogP contribution in [0.25, 0.3) is 0 Å². The minimum absolute atomic E-state index is 0.111. The van der Waals surface area contributed by atoms with Crippen LogP contribution in [0.1, 0.15) is 30.9 Å². The van der Waals surface area contributed by atoms with Gasteiger partial charge in [0, 0.05) is 18.2 Å². The summed E-state index contributed by atoms with van der Waals surface area (Å²) in [5, 5.41) is 13.2. The SMILES string of the molecule is Cc1cccc(N[C@@H](C)C[C@H](O)c2ccco2)n1. The molecule has 4 nitrogen and oxygen atoms in total. The van der Waals surface area contributed by atoms with Crippen molar-refractivity contribution in [1.29, 1.82) is 0 Å². The molecule has 2 aromatic heterocycles. The number of nitrogens with one attached hydrogen (secondary N) is 1. The molecule has 2 N–H and O–H groups in total. The summed E-state index contributed by atoms with van der Waals surface area (Å²) in [4.78, 5) is 4.37. The highest BCUT2D eigenvalue weighted by atomic mass is 16.4. The number of hydrogen-bond donors (Lipinski definition) is 2. The molecule has 96 valence electrons. The molecule has 2 heterocycles. The van der Waals surface area contributed by atoms with Crippen LogP contribution >= 0.6 is 0 Å². The molecule has 0 bridgehead atoms. The molecule has 4 heteroatoms. The highest BCUT2D eigenvalue weighted by molar-refractivity contribution is 5.36. The standard InChI is InChI=1S/C14H18N2O2/c1-10-5-3-7-14(15-10)16-11(2)9-12(17)13-6-4-8-18-13/h3-8,11-12,17H,9H2,1-2H3,(H,15,16)/t11-,12-/m0/s1. The molecule has 2 rings (SSSR count). The zero-order valence-electron chi connectivity index (χ0n) is 10.6. The Hall–Kier alpha value is -1.81. The second-order valence-corrected chi connectivity index (χ2v) is 4.48. The van der Waals surface area contributed by atoms with Crippen LogP contribution in [0.2, 0.25) is 0 Å². The van der Waals surface area contributed by atoms with Crippen LogP contribution in [0.4, 0.5) is 5.82 Å². The Bertz CT molecular complexity index is 482. The molecular weight excluding hydrogens is 228 g/mol. The molecule has 0 aromatic carbocycles. The third-order valence-corrected chi connectivity index (χ3v) is 2.73. The lowest BCUT2D eigenvalue weighted by Gasteiger charge is -2.17. The first kappa shape index (κ1) is 12.6. The summed E-state index contributed by atoms with van der Waals surface area (Å²) in [5.41, 5.74) is 0.971. The zero-order valence-corrected chi connectivity index (χ0v) is 10.6. The van der Waals surface area contributed by atoms with Crippen molar-refractivity contribution >= 4 is 5.82 Å². The molecule has 2 aromatic rings. The number of rotatable bonds is 5. The van der Waals surface area contributed by atoms with E-state index in [1.54, 1.807) is 18.4 Å². The van der Waals surface area contributed by atoms with Crippen molar-refractivity contribution in [2.75, 3.05) is 5.32 Å². The lowest BCUT2D eigenvalue weighted by Crippen LogP contribution is -2.19. The summed E-state index contributed by atoms with van der Waals surface area (Å²) < 4.78 is 5.17. The van der Waals surface area contributed by atoms with Crippen molar-refractivity contribution in [1.82, 2.24) is 4.98 Å². The third-order valence-electron chi connectivity index (χ3n) is 2.73. The van der Waals surface area contributed by atoms with Crippen LogP contribution in [0, 0.1) is 6.92 Å². The number of aliphatic hydroxyl groups is 1. The third kappa shape index (κ3) is 3.34. The Morgan fingerprint density at radius 2 is 2.17 bits per heavy atom. The van der Waals surface area contributed by atoms with E-state index >= 15 is 0 Å². The van der Waals surface area contributed by atoms with E-state index in [1.807, 2.05) is 32.0 Å². The molecule has 0 aliphatic heterocycles. The number of nitrogens with zero attached hydrogens (tertiary/aromatic N) is 1. The van der Waals surface area contributed by atoms with Gasteiger partial charge < -0.3 is 14.8 Å². The van der Waals surface area contributed by atoms with Crippen LogP contribution in [0.15, 0.2) is 41.0 Å². The maximum absolute atomic E-state index is 9.96. The zero-order chi connectivity index (χ0) is 13.0. The number of aromatic nitrogens is 1. The molecule has 0 saturated carbocycles. The van der Waals surface area contributed by atoms with Gasteiger partial charge in [-0.3, -0.25) is 0 Å². The van der Waals surface area contributed by atoms with Crippen molar-refractivity contribution in [3.8, 4) is 0 Å². The van der Waals surface area contributed by atoms with E-state index in [1.165, 1.54) is 0 Å². The Balaban J connectivity index is 1.91. The maximum Gasteiger partial charge on any atom is 0.132 e. The fourth-order valence-electron chi connectivity index (χ4n) is 1.87. The summed E-state index contributed by atoms with van der Waals surface area (Å²) in [6, 6.07) is 9.50. The highest BCUT2D eigenvalue weighted by Crippen LogP contribution is 2.20. The summed E-state index contributed by atoms with van der Waals surface area (Å²) >= 11 is 0. The normalized spacial score (nSPS) is 14.2. The van der Waals surface area contributed by atoms with Gasteiger partial charge in [-0.05, 0) is 38.1 Å². The van der Waals surface area contributed by atoms with Crippen molar-refractivity contribution in [3.05, 3.63) is 48.0 Å². The van der Waals surface area contributed by atoms with Gasteiger partial charge in [0.2, 0.25) is 0 Å². The minimum Gasteiger partial charge on any atom is -0.467 e. The smallest absolute Gasteiger partial charge is 0.132 e. The van der Waals surface area contributed by atoms with E-state index in [2.05, 4.69) is 10.3 Å². The van der Waals surface area contributed by atoms with E-state index < -0.39 is 6.10 Å². The molecule has 0 spiro atoms. The molecule has 0 fully saturated rings. The predicted molar refractivity (Wildman–Crippen MR) is 70.3 cm³/mol. The van der Waals surface area contributed by atoms with E-state index in [9.17, 15) is 5.11 Å². The number of pyridine rings is 1. The summed E-state index contributed by atoms with van der Waals surface area (Å²) in [6.45, 7) is 3.96. The van der Waals surface area contributed by atoms with E-state index in [-0.39, 0.29) is 6.04 Å².